The predicted molar refractivity (Wildman–Crippen MR) is 88.1 cm³/mol. The second-order valence-corrected chi connectivity index (χ2v) is 6.34. The Balaban J connectivity index is 1.67. The van der Waals surface area contributed by atoms with E-state index in [1.54, 1.807) is 24.3 Å². The average molecular weight is 326 g/mol. The Morgan fingerprint density at radius 3 is 2.50 bits per heavy atom. The summed E-state index contributed by atoms with van der Waals surface area (Å²) in [4.78, 5) is 14.1. The van der Waals surface area contributed by atoms with Crippen molar-refractivity contribution in [1.29, 1.82) is 0 Å². The number of aliphatic hydroxyl groups excluding tert-OH is 1. The number of hydrogen-bond acceptors (Lipinski definition) is 3. The Morgan fingerprint density at radius 1 is 1.32 bits per heavy atom. The van der Waals surface area contributed by atoms with E-state index in [-0.39, 0.29) is 12.6 Å². The molecule has 1 saturated carbocycles. The molecule has 0 aromatic heterocycles. The van der Waals surface area contributed by atoms with Crippen molar-refractivity contribution >= 4 is 17.6 Å². The summed E-state index contributed by atoms with van der Waals surface area (Å²) >= 11 is 5.80. The second-order valence-electron chi connectivity index (χ2n) is 5.90. The molecule has 0 heterocycles. The molecule has 1 aromatic carbocycles. The van der Waals surface area contributed by atoms with Gasteiger partial charge in [-0.2, -0.15) is 0 Å². The first-order chi connectivity index (χ1) is 10.5. The highest BCUT2D eigenvalue weighted by Gasteiger charge is 2.29. The monoisotopic (exact) mass is 325 g/mol. The van der Waals surface area contributed by atoms with Gasteiger partial charge in [0.2, 0.25) is 0 Å². The number of benzene rings is 1. The normalized spacial score (nSPS) is 17.1. The third kappa shape index (κ3) is 5.16. The summed E-state index contributed by atoms with van der Waals surface area (Å²) in [6.07, 6.45) is 1.76. The number of carbonyl (C=O) groups is 1. The van der Waals surface area contributed by atoms with Crippen LogP contribution in [0.2, 0.25) is 5.02 Å². The summed E-state index contributed by atoms with van der Waals surface area (Å²) in [6, 6.07) is 7.65. The molecule has 2 amide bonds. The van der Waals surface area contributed by atoms with Gasteiger partial charge in [-0.15, -0.1) is 0 Å². The molecule has 6 heteroatoms. The summed E-state index contributed by atoms with van der Waals surface area (Å²) in [7, 11) is 2.09. The van der Waals surface area contributed by atoms with Crippen LogP contribution < -0.4 is 10.6 Å². The van der Waals surface area contributed by atoms with Crippen LogP contribution in [-0.2, 0) is 0 Å². The number of aliphatic hydroxyl groups is 1. The molecule has 0 spiro atoms. The van der Waals surface area contributed by atoms with E-state index >= 15 is 0 Å². The highest BCUT2D eigenvalue weighted by molar-refractivity contribution is 6.30. The Morgan fingerprint density at radius 2 is 1.91 bits per heavy atom. The van der Waals surface area contributed by atoms with E-state index in [0.717, 1.165) is 5.56 Å². The lowest BCUT2D eigenvalue weighted by atomic mass is 10.1. The molecule has 0 bridgehead atoms. The second kappa shape index (κ2) is 7.81. The lowest BCUT2D eigenvalue weighted by molar-refractivity contribution is 0.172. The molecular weight excluding hydrogens is 302 g/mol. The molecule has 22 heavy (non-hydrogen) atoms. The van der Waals surface area contributed by atoms with E-state index in [4.69, 9.17) is 11.6 Å². The summed E-state index contributed by atoms with van der Waals surface area (Å²) in [5.41, 5.74) is 0.728. The van der Waals surface area contributed by atoms with E-state index in [2.05, 4.69) is 29.5 Å². The number of hydrogen-bond donors (Lipinski definition) is 3. The van der Waals surface area contributed by atoms with Gasteiger partial charge in [0.1, 0.15) is 0 Å². The maximum absolute atomic E-state index is 11.8. The Hall–Kier alpha value is -1.30. The summed E-state index contributed by atoms with van der Waals surface area (Å²) in [5, 5.41) is 16.2. The quantitative estimate of drug-likeness (QED) is 0.720. The largest absolute Gasteiger partial charge is 0.387 e. The van der Waals surface area contributed by atoms with Crippen LogP contribution in [0.25, 0.3) is 0 Å². The molecule has 2 unspecified atom stereocenters. The molecule has 1 aliphatic rings. The van der Waals surface area contributed by atoms with Gasteiger partial charge < -0.3 is 15.7 Å². The Kier molecular flexibility index (Phi) is 6.06. The van der Waals surface area contributed by atoms with Gasteiger partial charge in [-0.25, -0.2) is 4.79 Å². The zero-order valence-electron chi connectivity index (χ0n) is 13.1. The van der Waals surface area contributed by atoms with Gasteiger partial charge in [0.05, 0.1) is 6.10 Å². The maximum Gasteiger partial charge on any atom is 0.314 e. The average Bonchev–Trinajstić information content (AvgIpc) is 3.35. The molecule has 2 atom stereocenters. The van der Waals surface area contributed by atoms with Gasteiger partial charge in [-0.3, -0.25) is 4.90 Å². The highest BCUT2D eigenvalue weighted by atomic mass is 35.5. The summed E-state index contributed by atoms with van der Waals surface area (Å²) in [6.45, 7) is 2.86. The van der Waals surface area contributed by atoms with Crippen molar-refractivity contribution in [1.82, 2.24) is 15.5 Å². The van der Waals surface area contributed by atoms with Gasteiger partial charge in [0, 0.05) is 30.2 Å². The van der Waals surface area contributed by atoms with Crippen molar-refractivity contribution in [2.75, 3.05) is 20.1 Å². The minimum Gasteiger partial charge on any atom is -0.387 e. The standard InChI is InChI=1S/C16H24ClN3O2/c1-11(20(2)14-7-8-14)9-18-16(22)19-10-15(21)12-3-5-13(17)6-4-12/h3-6,11,14-15,21H,7-10H2,1-2H3,(H2,18,19,22). The van der Waals surface area contributed by atoms with Gasteiger partial charge in [0.15, 0.2) is 0 Å². The first-order valence-corrected chi connectivity index (χ1v) is 8.02. The lowest BCUT2D eigenvalue weighted by Gasteiger charge is -2.24. The van der Waals surface area contributed by atoms with E-state index in [1.165, 1.54) is 12.8 Å². The zero-order valence-corrected chi connectivity index (χ0v) is 13.8. The Bertz CT molecular complexity index is 491. The number of amides is 2. The molecule has 0 saturated heterocycles. The van der Waals surface area contributed by atoms with Crippen molar-refractivity contribution in [3.63, 3.8) is 0 Å². The van der Waals surface area contributed by atoms with Crippen molar-refractivity contribution < 1.29 is 9.90 Å². The van der Waals surface area contributed by atoms with E-state index in [9.17, 15) is 9.90 Å². The van der Waals surface area contributed by atoms with Gasteiger partial charge >= 0.3 is 6.03 Å². The van der Waals surface area contributed by atoms with Crippen LogP contribution >= 0.6 is 11.6 Å². The maximum atomic E-state index is 11.8. The number of nitrogens with zero attached hydrogens (tertiary/aromatic N) is 1. The Labute approximate surface area is 136 Å². The van der Waals surface area contributed by atoms with Crippen LogP contribution in [0.15, 0.2) is 24.3 Å². The van der Waals surface area contributed by atoms with Crippen LogP contribution in [0.3, 0.4) is 0 Å². The molecule has 3 N–H and O–H groups in total. The first kappa shape index (κ1) is 17.1. The molecule has 1 aromatic rings. The first-order valence-electron chi connectivity index (χ1n) is 7.64. The van der Waals surface area contributed by atoms with Gasteiger partial charge in [-0.05, 0) is 44.5 Å². The van der Waals surface area contributed by atoms with Crippen molar-refractivity contribution in [2.45, 2.75) is 38.0 Å². The molecule has 1 aliphatic carbocycles. The third-order valence-electron chi connectivity index (χ3n) is 4.09. The molecule has 122 valence electrons. The van der Waals surface area contributed by atoms with Crippen molar-refractivity contribution in [3.8, 4) is 0 Å². The van der Waals surface area contributed by atoms with Gasteiger partial charge in [-0.1, -0.05) is 23.7 Å². The smallest absolute Gasteiger partial charge is 0.314 e. The minimum atomic E-state index is -0.741. The van der Waals surface area contributed by atoms with E-state index in [0.29, 0.717) is 23.7 Å². The SMILES string of the molecule is CC(CNC(=O)NCC(O)c1ccc(Cl)cc1)N(C)C1CC1. The predicted octanol–water partition coefficient (Wildman–Crippen LogP) is 2.16. The van der Waals surface area contributed by atoms with Crippen LogP contribution in [0.5, 0.6) is 0 Å². The number of nitrogens with one attached hydrogen (secondary N) is 2. The van der Waals surface area contributed by atoms with Crippen molar-refractivity contribution in [2.24, 2.45) is 0 Å². The molecule has 0 aliphatic heterocycles. The number of carbonyl (C=O) groups excluding carboxylic acids is 1. The number of halogens is 1. The number of rotatable bonds is 7. The zero-order chi connectivity index (χ0) is 16.1. The summed E-state index contributed by atoms with van der Waals surface area (Å²) in [5.74, 6) is 0. The van der Waals surface area contributed by atoms with E-state index < -0.39 is 6.10 Å². The topological polar surface area (TPSA) is 64.6 Å². The molecule has 1 fully saturated rings. The third-order valence-corrected chi connectivity index (χ3v) is 4.34. The van der Waals surface area contributed by atoms with Crippen LogP contribution in [0.4, 0.5) is 4.79 Å². The summed E-state index contributed by atoms with van der Waals surface area (Å²) < 4.78 is 0. The highest BCUT2D eigenvalue weighted by Crippen LogP contribution is 2.26. The fourth-order valence-electron chi connectivity index (χ4n) is 2.28. The van der Waals surface area contributed by atoms with Crippen molar-refractivity contribution in [3.05, 3.63) is 34.9 Å². The number of urea groups is 1. The van der Waals surface area contributed by atoms with Gasteiger partial charge in [0.25, 0.3) is 0 Å². The lowest BCUT2D eigenvalue weighted by Crippen LogP contribution is -2.45. The molecule has 5 nitrogen and oxygen atoms in total. The fraction of sp³-hybridized carbons (Fsp3) is 0.562. The molecule has 0 radical (unpaired) electrons. The molecule has 2 rings (SSSR count). The van der Waals surface area contributed by atoms with E-state index in [1.807, 2.05) is 0 Å². The van der Waals surface area contributed by atoms with Crippen LogP contribution in [-0.4, -0.2) is 48.3 Å². The minimum absolute atomic E-state index is 0.167. The number of likely N-dealkylation sites (N-methyl/N-ethyl adjacent to an activating group) is 1. The fourth-order valence-corrected chi connectivity index (χ4v) is 2.41. The molecular formula is C16H24ClN3O2. The van der Waals surface area contributed by atoms with Crippen LogP contribution in [0, 0.1) is 0 Å². The van der Waals surface area contributed by atoms with Crippen LogP contribution in [0.1, 0.15) is 31.4 Å².